The highest BCUT2D eigenvalue weighted by Crippen LogP contribution is 2.46. The predicted molar refractivity (Wildman–Crippen MR) is 104 cm³/mol. The number of Topliss-reactive ketones (excluding diaryl/α,β-unsaturated/α-hetero) is 3. The van der Waals surface area contributed by atoms with E-state index in [1.54, 1.807) is 24.3 Å². The van der Waals surface area contributed by atoms with Gasteiger partial charge in [-0.1, -0.05) is 12.1 Å². The van der Waals surface area contributed by atoms with Gasteiger partial charge in [0, 0.05) is 41.6 Å². The number of hydrogen-bond donors (Lipinski definition) is 0. The fourth-order valence-electron chi connectivity index (χ4n) is 4.55. The van der Waals surface area contributed by atoms with E-state index in [4.69, 9.17) is 5.26 Å². The molecule has 1 saturated carbocycles. The zero-order valence-electron chi connectivity index (χ0n) is 15.4. The second-order valence-corrected chi connectivity index (χ2v) is 7.45. The summed E-state index contributed by atoms with van der Waals surface area (Å²) in [5.74, 6) is -1.71. The van der Waals surface area contributed by atoms with Crippen LogP contribution in [0.2, 0.25) is 0 Å². The lowest BCUT2D eigenvalue weighted by Gasteiger charge is -2.37. The van der Waals surface area contributed by atoms with E-state index in [1.165, 1.54) is 18.5 Å². The van der Waals surface area contributed by atoms with E-state index >= 15 is 0 Å². The number of carbonyl (C=O) groups is 3. The summed E-state index contributed by atoms with van der Waals surface area (Å²) in [4.78, 5) is 48.0. The first kappa shape index (κ1) is 17.4. The number of hydrogen-bond acceptors (Lipinski definition) is 6. The maximum atomic E-state index is 13.4. The lowest BCUT2D eigenvalue weighted by atomic mass is 9.66. The number of aromatic nitrogens is 1. The maximum absolute atomic E-state index is 13.4. The number of aliphatic imine (C=N–C) groups is 1. The van der Waals surface area contributed by atoms with Crippen LogP contribution in [-0.4, -0.2) is 28.0 Å². The smallest absolute Gasteiger partial charge is 0.212 e. The summed E-state index contributed by atoms with van der Waals surface area (Å²) in [7, 11) is 0. The van der Waals surface area contributed by atoms with Gasteiger partial charge in [-0.2, -0.15) is 5.26 Å². The van der Waals surface area contributed by atoms with E-state index in [2.05, 4.69) is 16.0 Å². The molecule has 6 nitrogen and oxygen atoms in total. The summed E-state index contributed by atoms with van der Waals surface area (Å²) in [6, 6.07) is 10.5. The highest BCUT2D eigenvalue weighted by Gasteiger charge is 2.47. The number of nitrogens with zero attached hydrogens (tertiary/aromatic N) is 3. The molecule has 0 saturated heterocycles. The molecule has 1 fully saturated rings. The van der Waals surface area contributed by atoms with Crippen molar-refractivity contribution in [1.82, 2.24) is 4.98 Å². The summed E-state index contributed by atoms with van der Waals surface area (Å²) in [6.45, 7) is 0. The largest absolute Gasteiger partial charge is 0.299 e. The first-order valence-electron chi connectivity index (χ1n) is 9.48. The van der Waals surface area contributed by atoms with Crippen molar-refractivity contribution in [2.45, 2.75) is 25.2 Å². The predicted octanol–water partition coefficient (Wildman–Crippen LogP) is 3.19. The Morgan fingerprint density at radius 1 is 0.931 bits per heavy atom. The number of nitriles is 1. The van der Waals surface area contributed by atoms with Gasteiger partial charge in [-0.15, -0.1) is 0 Å². The molecule has 1 aliphatic heterocycles. The Morgan fingerprint density at radius 2 is 1.72 bits per heavy atom. The van der Waals surface area contributed by atoms with Gasteiger partial charge in [0.15, 0.2) is 5.78 Å². The molecule has 2 atom stereocenters. The Kier molecular flexibility index (Phi) is 3.85. The Balaban J connectivity index is 1.76. The molecule has 29 heavy (non-hydrogen) atoms. The van der Waals surface area contributed by atoms with Crippen LogP contribution in [0.5, 0.6) is 0 Å². The number of fused-ring (bicyclic) bond motifs is 2. The molecule has 1 aromatic heterocycles. The molecule has 2 aromatic rings. The van der Waals surface area contributed by atoms with Gasteiger partial charge in [0.05, 0.1) is 23.1 Å². The topological polar surface area (TPSA) is 100 Å². The van der Waals surface area contributed by atoms with Crippen molar-refractivity contribution in [1.29, 1.82) is 5.26 Å². The van der Waals surface area contributed by atoms with Crippen LogP contribution in [0.3, 0.4) is 0 Å². The van der Waals surface area contributed by atoms with Crippen molar-refractivity contribution in [2.75, 3.05) is 0 Å². The van der Waals surface area contributed by atoms with E-state index in [1.807, 2.05) is 0 Å². The van der Waals surface area contributed by atoms with E-state index in [0.29, 0.717) is 36.1 Å². The first-order valence-corrected chi connectivity index (χ1v) is 9.48. The van der Waals surface area contributed by atoms with Crippen LogP contribution in [0, 0.1) is 17.2 Å². The monoisotopic (exact) mass is 381 g/mol. The van der Waals surface area contributed by atoms with Crippen molar-refractivity contribution in [2.24, 2.45) is 10.9 Å². The Bertz CT molecular complexity index is 1200. The normalized spacial score (nSPS) is 23.0. The average molecular weight is 381 g/mol. The standard InChI is InChI=1S/C23H15N3O3/c24-10-12-4-6-13(7-5-12)18-19-16(2-1-3-17(19)27)26-21-20(18)22(28)15-11-25-9-8-14(15)23(21)29/h4-9,11,18-19H,1-3H2. The first-order chi connectivity index (χ1) is 14.1. The third-order valence-corrected chi connectivity index (χ3v) is 5.89. The summed E-state index contributed by atoms with van der Waals surface area (Å²) in [5, 5.41) is 9.10. The van der Waals surface area contributed by atoms with Gasteiger partial charge in [-0.3, -0.25) is 24.4 Å². The fourth-order valence-corrected chi connectivity index (χ4v) is 4.55. The third kappa shape index (κ3) is 2.51. The van der Waals surface area contributed by atoms with Crippen LogP contribution in [-0.2, 0) is 4.79 Å². The molecular formula is C23H15N3O3. The molecule has 6 heteroatoms. The van der Waals surface area contributed by atoms with Gasteiger partial charge >= 0.3 is 0 Å². The molecule has 3 aliphatic rings. The van der Waals surface area contributed by atoms with E-state index in [9.17, 15) is 14.4 Å². The van der Waals surface area contributed by atoms with Crippen LogP contribution in [0.4, 0.5) is 0 Å². The van der Waals surface area contributed by atoms with Crippen molar-refractivity contribution in [3.63, 3.8) is 0 Å². The van der Waals surface area contributed by atoms with Crippen LogP contribution < -0.4 is 0 Å². The molecule has 0 spiro atoms. The number of allylic oxidation sites excluding steroid dienone is 2. The highest BCUT2D eigenvalue weighted by atomic mass is 16.1. The summed E-state index contributed by atoms with van der Waals surface area (Å²) in [5.41, 5.74) is 2.85. The molecule has 5 rings (SSSR count). The average Bonchev–Trinajstić information content (AvgIpc) is 2.76. The van der Waals surface area contributed by atoms with Crippen LogP contribution >= 0.6 is 0 Å². The van der Waals surface area contributed by atoms with Gasteiger partial charge in [-0.05, 0) is 36.6 Å². The SMILES string of the molecule is N#Cc1ccc(C2C3=C(N=C4CCCC(=O)C42)C(=O)c2ccncc2C3=O)cc1. The molecule has 0 amide bonds. The molecular weight excluding hydrogens is 366 g/mol. The van der Waals surface area contributed by atoms with Gasteiger partial charge in [0.2, 0.25) is 5.78 Å². The molecule has 2 aliphatic carbocycles. The maximum Gasteiger partial charge on any atom is 0.212 e. The molecule has 0 radical (unpaired) electrons. The minimum atomic E-state index is -0.581. The molecule has 2 unspecified atom stereocenters. The number of pyridine rings is 1. The third-order valence-electron chi connectivity index (χ3n) is 5.89. The Hall–Kier alpha value is -3.72. The van der Waals surface area contributed by atoms with Gasteiger partial charge in [0.1, 0.15) is 11.5 Å². The van der Waals surface area contributed by atoms with Crippen molar-refractivity contribution >= 4 is 23.1 Å². The van der Waals surface area contributed by atoms with E-state index in [-0.39, 0.29) is 34.2 Å². The molecule has 1 aromatic carbocycles. The summed E-state index contributed by atoms with van der Waals surface area (Å²) >= 11 is 0. The lowest BCUT2D eigenvalue weighted by Crippen LogP contribution is -2.41. The zero-order valence-corrected chi connectivity index (χ0v) is 15.4. The minimum Gasteiger partial charge on any atom is -0.299 e. The fraction of sp³-hybridized carbons (Fsp3) is 0.217. The Morgan fingerprint density at radius 3 is 2.48 bits per heavy atom. The number of rotatable bonds is 1. The second-order valence-electron chi connectivity index (χ2n) is 7.45. The minimum absolute atomic E-state index is 0.0353. The van der Waals surface area contributed by atoms with Crippen LogP contribution in [0.1, 0.15) is 57.0 Å². The van der Waals surface area contributed by atoms with E-state index in [0.717, 1.165) is 5.56 Å². The van der Waals surface area contributed by atoms with Crippen LogP contribution in [0.15, 0.2) is 59.0 Å². The van der Waals surface area contributed by atoms with E-state index < -0.39 is 11.8 Å². The lowest BCUT2D eigenvalue weighted by molar-refractivity contribution is -0.121. The van der Waals surface area contributed by atoms with Gasteiger partial charge in [0.25, 0.3) is 0 Å². The number of ketones is 3. The highest BCUT2D eigenvalue weighted by molar-refractivity contribution is 6.29. The summed E-state index contributed by atoms with van der Waals surface area (Å²) < 4.78 is 0. The number of benzene rings is 1. The van der Waals surface area contributed by atoms with Crippen molar-refractivity contribution < 1.29 is 14.4 Å². The molecule has 0 N–H and O–H groups in total. The van der Waals surface area contributed by atoms with Crippen molar-refractivity contribution in [3.8, 4) is 6.07 Å². The Labute approximate surface area is 166 Å². The molecule has 0 bridgehead atoms. The zero-order chi connectivity index (χ0) is 20.1. The van der Waals surface area contributed by atoms with Crippen molar-refractivity contribution in [3.05, 3.63) is 76.2 Å². The molecule has 2 heterocycles. The quantitative estimate of drug-likeness (QED) is 0.755. The second kappa shape index (κ2) is 6.42. The van der Waals surface area contributed by atoms with Gasteiger partial charge in [-0.25, -0.2) is 0 Å². The summed E-state index contributed by atoms with van der Waals surface area (Å²) in [6.07, 6.45) is 4.64. The van der Waals surface area contributed by atoms with Crippen LogP contribution in [0.25, 0.3) is 0 Å². The van der Waals surface area contributed by atoms with Gasteiger partial charge < -0.3 is 0 Å². The number of carbonyl (C=O) groups excluding carboxylic acids is 3. The molecule has 140 valence electrons.